The summed E-state index contributed by atoms with van der Waals surface area (Å²) in [5, 5.41) is 3.36. The molecule has 0 radical (unpaired) electrons. The van der Waals surface area contributed by atoms with Crippen molar-refractivity contribution in [3.05, 3.63) is 35.9 Å². The summed E-state index contributed by atoms with van der Waals surface area (Å²) in [6.07, 6.45) is 0.756. The molecule has 0 saturated heterocycles. The van der Waals surface area contributed by atoms with Gasteiger partial charge in [0.1, 0.15) is 0 Å². The summed E-state index contributed by atoms with van der Waals surface area (Å²) in [5.41, 5.74) is 6.70. The summed E-state index contributed by atoms with van der Waals surface area (Å²) in [5.74, 6) is 0. The van der Waals surface area contributed by atoms with E-state index in [9.17, 15) is 0 Å². The van der Waals surface area contributed by atoms with Crippen molar-refractivity contribution in [2.24, 2.45) is 5.73 Å². The van der Waals surface area contributed by atoms with E-state index in [0.717, 1.165) is 13.0 Å². The molecule has 3 heteroatoms. The largest absolute Gasteiger partial charge is 0.393 e. The van der Waals surface area contributed by atoms with Crippen LogP contribution in [0.2, 0.25) is 0 Å². The average Bonchev–Trinajstić information content (AvgIpc) is 2.18. The summed E-state index contributed by atoms with van der Waals surface area (Å²) in [6, 6.07) is 10.7. The highest BCUT2D eigenvalue weighted by Gasteiger charge is 2.02. The van der Waals surface area contributed by atoms with Crippen molar-refractivity contribution in [2.75, 3.05) is 6.54 Å². The highest BCUT2D eigenvalue weighted by Crippen LogP contribution is 2.10. The maximum atomic E-state index is 5.41. The van der Waals surface area contributed by atoms with Gasteiger partial charge in [-0.3, -0.25) is 0 Å². The highest BCUT2D eigenvalue weighted by atomic mass is 32.1. The highest BCUT2D eigenvalue weighted by molar-refractivity contribution is 7.80. The molecule has 1 unspecified atom stereocenters. The second-order valence-electron chi connectivity index (χ2n) is 3.30. The first kappa shape index (κ1) is 11.1. The second kappa shape index (κ2) is 5.73. The molecular formula is C11H16N2S. The van der Waals surface area contributed by atoms with E-state index in [0.29, 0.717) is 11.0 Å². The van der Waals surface area contributed by atoms with Crippen LogP contribution in [0.3, 0.4) is 0 Å². The fraction of sp³-hybridized carbons (Fsp3) is 0.364. The fourth-order valence-corrected chi connectivity index (χ4v) is 1.37. The Hall–Kier alpha value is -0.930. The lowest BCUT2D eigenvalue weighted by Gasteiger charge is -2.13. The molecule has 0 aromatic heterocycles. The zero-order valence-electron chi connectivity index (χ0n) is 8.36. The van der Waals surface area contributed by atoms with Crippen molar-refractivity contribution in [1.29, 1.82) is 0 Å². The molecule has 0 spiro atoms. The molecule has 14 heavy (non-hydrogen) atoms. The maximum absolute atomic E-state index is 5.41. The van der Waals surface area contributed by atoms with Gasteiger partial charge in [0.05, 0.1) is 4.99 Å². The molecule has 0 amide bonds. The Morgan fingerprint density at radius 2 is 2.07 bits per heavy atom. The molecule has 0 heterocycles. The fourth-order valence-electron chi connectivity index (χ4n) is 1.27. The summed E-state index contributed by atoms with van der Waals surface area (Å²) < 4.78 is 0. The summed E-state index contributed by atoms with van der Waals surface area (Å²) in [7, 11) is 0. The van der Waals surface area contributed by atoms with Crippen molar-refractivity contribution in [3.8, 4) is 0 Å². The predicted octanol–water partition coefficient (Wildman–Crippen LogP) is 2.01. The van der Waals surface area contributed by atoms with Gasteiger partial charge < -0.3 is 11.1 Å². The number of rotatable bonds is 5. The zero-order chi connectivity index (χ0) is 10.4. The third-order valence-corrected chi connectivity index (χ3v) is 2.33. The van der Waals surface area contributed by atoms with Gasteiger partial charge in [-0.05, 0) is 12.5 Å². The number of benzene rings is 1. The van der Waals surface area contributed by atoms with Gasteiger partial charge in [-0.1, -0.05) is 42.5 Å². The Morgan fingerprint density at radius 3 is 2.64 bits per heavy atom. The van der Waals surface area contributed by atoms with Crippen LogP contribution in [-0.4, -0.2) is 11.5 Å². The number of hydrogen-bond acceptors (Lipinski definition) is 2. The molecular weight excluding hydrogens is 192 g/mol. The third kappa shape index (κ3) is 3.85. The molecule has 1 rings (SSSR count). The van der Waals surface area contributed by atoms with Crippen molar-refractivity contribution in [1.82, 2.24) is 5.32 Å². The Bertz CT molecular complexity index is 285. The minimum Gasteiger partial charge on any atom is -0.393 e. The zero-order valence-corrected chi connectivity index (χ0v) is 9.18. The van der Waals surface area contributed by atoms with E-state index in [4.69, 9.17) is 18.0 Å². The van der Waals surface area contributed by atoms with E-state index in [2.05, 4.69) is 24.4 Å². The lowest BCUT2D eigenvalue weighted by atomic mass is 10.1. The number of nitrogens with two attached hydrogens (primary N) is 1. The van der Waals surface area contributed by atoms with Crippen LogP contribution in [0.4, 0.5) is 0 Å². The van der Waals surface area contributed by atoms with Crippen molar-refractivity contribution in [2.45, 2.75) is 19.4 Å². The van der Waals surface area contributed by atoms with E-state index in [1.54, 1.807) is 0 Å². The van der Waals surface area contributed by atoms with Crippen molar-refractivity contribution < 1.29 is 0 Å². The van der Waals surface area contributed by atoms with Crippen molar-refractivity contribution >= 4 is 17.2 Å². The van der Waals surface area contributed by atoms with Gasteiger partial charge in [-0.15, -0.1) is 0 Å². The van der Waals surface area contributed by atoms with Crippen LogP contribution in [0.5, 0.6) is 0 Å². The van der Waals surface area contributed by atoms with Crippen LogP contribution in [-0.2, 0) is 0 Å². The van der Waals surface area contributed by atoms with Crippen LogP contribution in [0.1, 0.15) is 24.9 Å². The first-order valence-electron chi connectivity index (χ1n) is 4.77. The van der Waals surface area contributed by atoms with Crippen LogP contribution in [0, 0.1) is 0 Å². The van der Waals surface area contributed by atoms with E-state index < -0.39 is 0 Å². The SMILES string of the molecule is CC(NCCC(N)=S)c1ccccc1. The van der Waals surface area contributed by atoms with Gasteiger partial charge in [0.15, 0.2) is 0 Å². The second-order valence-corrected chi connectivity index (χ2v) is 3.83. The molecule has 0 fully saturated rings. The van der Waals surface area contributed by atoms with Crippen LogP contribution >= 0.6 is 12.2 Å². The Kier molecular flexibility index (Phi) is 4.56. The van der Waals surface area contributed by atoms with Gasteiger partial charge in [-0.2, -0.15) is 0 Å². The molecule has 1 aromatic rings. The Labute approximate surface area is 90.5 Å². The molecule has 1 aromatic carbocycles. The number of hydrogen-bond donors (Lipinski definition) is 2. The normalized spacial score (nSPS) is 12.4. The smallest absolute Gasteiger partial charge is 0.0740 e. The monoisotopic (exact) mass is 208 g/mol. The molecule has 2 nitrogen and oxygen atoms in total. The topological polar surface area (TPSA) is 38.0 Å². The van der Waals surface area contributed by atoms with Gasteiger partial charge >= 0.3 is 0 Å². The molecule has 0 aliphatic rings. The first-order chi connectivity index (χ1) is 6.70. The summed E-state index contributed by atoms with van der Waals surface area (Å²) in [6.45, 7) is 2.97. The van der Waals surface area contributed by atoms with E-state index in [1.807, 2.05) is 18.2 Å². The van der Waals surface area contributed by atoms with Gasteiger partial charge in [-0.25, -0.2) is 0 Å². The van der Waals surface area contributed by atoms with Crippen LogP contribution in [0.15, 0.2) is 30.3 Å². The first-order valence-corrected chi connectivity index (χ1v) is 5.17. The van der Waals surface area contributed by atoms with Crippen molar-refractivity contribution in [3.63, 3.8) is 0 Å². The van der Waals surface area contributed by atoms with Gasteiger partial charge in [0.25, 0.3) is 0 Å². The maximum Gasteiger partial charge on any atom is 0.0740 e. The van der Waals surface area contributed by atoms with Gasteiger partial charge in [0.2, 0.25) is 0 Å². The molecule has 0 saturated carbocycles. The third-order valence-electron chi connectivity index (χ3n) is 2.12. The summed E-state index contributed by atoms with van der Waals surface area (Å²) >= 11 is 4.80. The van der Waals surface area contributed by atoms with Crippen LogP contribution in [0.25, 0.3) is 0 Å². The van der Waals surface area contributed by atoms with Crippen LogP contribution < -0.4 is 11.1 Å². The number of thiocarbonyl (C=S) groups is 1. The predicted molar refractivity (Wildman–Crippen MR) is 64.3 cm³/mol. The molecule has 0 aliphatic heterocycles. The van der Waals surface area contributed by atoms with E-state index in [1.165, 1.54) is 5.56 Å². The number of nitrogens with one attached hydrogen (secondary N) is 1. The minimum atomic E-state index is 0.352. The Morgan fingerprint density at radius 1 is 1.43 bits per heavy atom. The lowest BCUT2D eigenvalue weighted by Crippen LogP contribution is -2.23. The average molecular weight is 208 g/mol. The standard InChI is InChI=1S/C11H16N2S/c1-9(13-8-7-11(12)14)10-5-3-2-4-6-10/h2-6,9,13H,7-8H2,1H3,(H2,12,14). The van der Waals surface area contributed by atoms with Gasteiger partial charge in [0, 0.05) is 19.0 Å². The Balaban J connectivity index is 2.36. The molecule has 3 N–H and O–H groups in total. The quantitative estimate of drug-likeness (QED) is 0.727. The lowest BCUT2D eigenvalue weighted by molar-refractivity contribution is 0.586. The van der Waals surface area contributed by atoms with E-state index >= 15 is 0 Å². The molecule has 0 aliphatic carbocycles. The molecule has 76 valence electrons. The summed E-state index contributed by atoms with van der Waals surface area (Å²) in [4.78, 5) is 0.567. The van der Waals surface area contributed by atoms with E-state index in [-0.39, 0.29) is 0 Å². The minimum absolute atomic E-state index is 0.352. The molecule has 1 atom stereocenters. The molecule has 0 bridgehead atoms.